The van der Waals surface area contributed by atoms with E-state index in [1.54, 1.807) is 7.11 Å². The third kappa shape index (κ3) is 3.24. The second-order valence-electron chi connectivity index (χ2n) is 6.56. The van der Waals surface area contributed by atoms with Crippen LogP contribution in [0.2, 0.25) is 0 Å². The number of hydrogen-bond donors (Lipinski definition) is 2. The Kier molecular flexibility index (Phi) is 6.76. The van der Waals surface area contributed by atoms with Crippen LogP contribution in [-0.4, -0.2) is 51.5 Å². The summed E-state index contributed by atoms with van der Waals surface area (Å²) in [5, 5.41) is 7.10. The molecule has 1 heterocycles. The molecule has 0 aromatic carbocycles. The van der Waals surface area contributed by atoms with Gasteiger partial charge in [0.1, 0.15) is 0 Å². The topological polar surface area (TPSA) is 54.9 Å². The lowest BCUT2D eigenvalue weighted by Gasteiger charge is -2.63. The molecule has 3 unspecified atom stereocenters. The molecule has 6 heteroatoms. The summed E-state index contributed by atoms with van der Waals surface area (Å²) >= 11 is 0. The van der Waals surface area contributed by atoms with E-state index in [0.29, 0.717) is 23.5 Å². The molecule has 22 heavy (non-hydrogen) atoms. The van der Waals surface area contributed by atoms with Gasteiger partial charge in [0.05, 0.1) is 6.10 Å². The Morgan fingerprint density at radius 2 is 2.23 bits per heavy atom. The Morgan fingerprint density at radius 1 is 1.41 bits per heavy atom. The molecule has 0 aromatic heterocycles. The van der Waals surface area contributed by atoms with Crippen LogP contribution in [-0.2, 0) is 9.47 Å². The van der Waals surface area contributed by atoms with Crippen molar-refractivity contribution in [2.75, 3.05) is 33.4 Å². The highest BCUT2D eigenvalue weighted by Crippen LogP contribution is 2.62. The van der Waals surface area contributed by atoms with Crippen LogP contribution in [0.25, 0.3) is 0 Å². The molecule has 0 amide bonds. The monoisotopic (exact) mass is 423 g/mol. The fourth-order valence-corrected chi connectivity index (χ4v) is 4.32. The molecule has 2 N–H and O–H groups in total. The van der Waals surface area contributed by atoms with Crippen LogP contribution in [0.5, 0.6) is 0 Å². The molecule has 0 aromatic rings. The molecule has 128 valence electrons. The van der Waals surface area contributed by atoms with E-state index in [2.05, 4.69) is 22.5 Å². The van der Waals surface area contributed by atoms with E-state index < -0.39 is 0 Å². The van der Waals surface area contributed by atoms with Gasteiger partial charge in [-0.25, -0.2) is 0 Å². The second-order valence-corrected chi connectivity index (χ2v) is 6.56. The highest BCUT2D eigenvalue weighted by atomic mass is 127. The summed E-state index contributed by atoms with van der Waals surface area (Å²) in [5.41, 5.74) is 0.407. The number of aliphatic imine (C=N–C) groups is 1. The van der Waals surface area contributed by atoms with Crippen molar-refractivity contribution in [3.05, 3.63) is 0 Å². The molecule has 1 saturated heterocycles. The first-order valence-electron chi connectivity index (χ1n) is 8.47. The Bertz CT molecular complexity index is 388. The third-order valence-corrected chi connectivity index (χ3v) is 5.45. The average Bonchev–Trinajstić information content (AvgIpc) is 2.84. The number of guanidine groups is 1. The molecule has 5 nitrogen and oxygen atoms in total. The fourth-order valence-electron chi connectivity index (χ4n) is 4.32. The SMILES string of the molecule is CCNC(=NCCCOC)NC1C2CCOC2C12CCC2.I. The van der Waals surface area contributed by atoms with Gasteiger partial charge in [-0.05, 0) is 32.6 Å². The molecule has 2 saturated carbocycles. The Balaban J connectivity index is 0.00000176. The normalized spacial score (nSPS) is 31.7. The van der Waals surface area contributed by atoms with E-state index in [0.717, 1.165) is 38.7 Å². The third-order valence-electron chi connectivity index (χ3n) is 5.45. The predicted octanol–water partition coefficient (Wildman–Crippen LogP) is 2.15. The van der Waals surface area contributed by atoms with Gasteiger partial charge in [0.25, 0.3) is 0 Å². The lowest BCUT2D eigenvalue weighted by Crippen LogP contribution is -2.72. The average molecular weight is 423 g/mol. The van der Waals surface area contributed by atoms with Crippen molar-refractivity contribution in [3.8, 4) is 0 Å². The first-order chi connectivity index (χ1) is 10.3. The number of fused-ring (bicyclic) bond motifs is 2. The van der Waals surface area contributed by atoms with Gasteiger partial charge in [-0.3, -0.25) is 4.99 Å². The van der Waals surface area contributed by atoms with Crippen LogP contribution in [0.1, 0.15) is 39.0 Å². The maximum absolute atomic E-state index is 5.98. The summed E-state index contributed by atoms with van der Waals surface area (Å²) in [4.78, 5) is 4.68. The molecular formula is C16H30IN3O2. The van der Waals surface area contributed by atoms with Crippen molar-refractivity contribution in [1.29, 1.82) is 0 Å². The van der Waals surface area contributed by atoms with Crippen LogP contribution in [0.15, 0.2) is 4.99 Å². The summed E-state index contributed by atoms with van der Waals surface area (Å²) in [6.07, 6.45) is 6.67. The number of halogens is 1. The van der Waals surface area contributed by atoms with Gasteiger partial charge in [-0.1, -0.05) is 6.42 Å². The van der Waals surface area contributed by atoms with E-state index in [1.165, 1.54) is 25.7 Å². The Hall–Kier alpha value is -0.0800. The number of methoxy groups -OCH3 is 1. The molecule has 0 radical (unpaired) electrons. The molecule has 1 aliphatic heterocycles. The quantitative estimate of drug-likeness (QED) is 0.298. The largest absolute Gasteiger partial charge is 0.385 e. The van der Waals surface area contributed by atoms with Crippen molar-refractivity contribution >= 4 is 29.9 Å². The maximum Gasteiger partial charge on any atom is 0.191 e. The first-order valence-corrected chi connectivity index (χ1v) is 8.47. The van der Waals surface area contributed by atoms with E-state index in [1.807, 2.05) is 0 Å². The minimum Gasteiger partial charge on any atom is -0.385 e. The van der Waals surface area contributed by atoms with E-state index in [4.69, 9.17) is 9.47 Å². The fraction of sp³-hybridized carbons (Fsp3) is 0.938. The van der Waals surface area contributed by atoms with Gasteiger partial charge in [0, 0.05) is 50.8 Å². The predicted molar refractivity (Wildman–Crippen MR) is 98.9 cm³/mol. The van der Waals surface area contributed by atoms with Crippen molar-refractivity contribution in [2.45, 2.75) is 51.2 Å². The van der Waals surface area contributed by atoms with Gasteiger partial charge in [-0.15, -0.1) is 24.0 Å². The second kappa shape index (κ2) is 8.15. The molecular weight excluding hydrogens is 393 g/mol. The van der Waals surface area contributed by atoms with Crippen LogP contribution in [0.3, 0.4) is 0 Å². The zero-order valence-electron chi connectivity index (χ0n) is 13.8. The van der Waals surface area contributed by atoms with Gasteiger partial charge in [-0.2, -0.15) is 0 Å². The molecule has 3 rings (SSSR count). The smallest absolute Gasteiger partial charge is 0.191 e. The number of ether oxygens (including phenoxy) is 2. The number of nitrogens with zero attached hydrogens (tertiary/aromatic N) is 1. The van der Waals surface area contributed by atoms with Crippen molar-refractivity contribution in [1.82, 2.24) is 10.6 Å². The van der Waals surface area contributed by atoms with Crippen molar-refractivity contribution in [3.63, 3.8) is 0 Å². The number of nitrogens with one attached hydrogen (secondary N) is 2. The van der Waals surface area contributed by atoms with E-state index >= 15 is 0 Å². The zero-order chi connectivity index (χ0) is 14.7. The minimum absolute atomic E-state index is 0. The van der Waals surface area contributed by atoms with E-state index in [9.17, 15) is 0 Å². The molecule has 3 atom stereocenters. The molecule has 1 spiro atoms. The van der Waals surface area contributed by atoms with Crippen molar-refractivity contribution < 1.29 is 9.47 Å². The molecule has 0 bridgehead atoms. The van der Waals surface area contributed by atoms with Gasteiger partial charge < -0.3 is 20.1 Å². The minimum atomic E-state index is 0. The summed E-state index contributed by atoms with van der Waals surface area (Å²) in [6, 6.07) is 0.555. The zero-order valence-corrected chi connectivity index (χ0v) is 16.1. The lowest BCUT2D eigenvalue weighted by atomic mass is 9.46. The van der Waals surface area contributed by atoms with Crippen molar-refractivity contribution in [2.24, 2.45) is 16.3 Å². The summed E-state index contributed by atoms with van der Waals surface area (Å²) in [7, 11) is 1.74. The number of rotatable bonds is 6. The number of hydrogen-bond acceptors (Lipinski definition) is 3. The van der Waals surface area contributed by atoms with Gasteiger partial charge >= 0.3 is 0 Å². The lowest BCUT2D eigenvalue weighted by molar-refractivity contribution is -0.171. The molecule has 3 fully saturated rings. The Labute approximate surface area is 151 Å². The Morgan fingerprint density at radius 3 is 2.86 bits per heavy atom. The summed E-state index contributed by atoms with van der Waals surface area (Å²) in [6.45, 7) is 5.55. The van der Waals surface area contributed by atoms with E-state index in [-0.39, 0.29) is 24.0 Å². The summed E-state index contributed by atoms with van der Waals surface area (Å²) in [5.74, 6) is 1.66. The summed E-state index contributed by atoms with van der Waals surface area (Å²) < 4.78 is 11.1. The standard InChI is InChI=1S/C16H29N3O2.HI/c1-3-17-15(18-9-5-10-20-2)19-13-12-6-11-21-14(12)16(13)7-4-8-16;/h12-14H,3-11H2,1-2H3,(H2,17,18,19);1H. The van der Waals surface area contributed by atoms with Gasteiger partial charge in [0.15, 0.2) is 5.96 Å². The molecule has 3 aliphatic rings. The maximum atomic E-state index is 5.98. The van der Waals surface area contributed by atoms with Crippen LogP contribution >= 0.6 is 24.0 Å². The first kappa shape index (κ1) is 18.3. The highest BCUT2D eigenvalue weighted by Gasteiger charge is 2.66. The van der Waals surface area contributed by atoms with Crippen LogP contribution in [0.4, 0.5) is 0 Å². The molecule has 2 aliphatic carbocycles. The highest BCUT2D eigenvalue weighted by molar-refractivity contribution is 14.0. The van der Waals surface area contributed by atoms with Gasteiger partial charge in [0.2, 0.25) is 0 Å². The van der Waals surface area contributed by atoms with Crippen LogP contribution < -0.4 is 10.6 Å². The van der Waals surface area contributed by atoms with Crippen LogP contribution in [0, 0.1) is 11.3 Å².